The number of aromatic hydroxyl groups is 5. The number of hydrogen-bond donors (Lipinski definition) is 5. The van der Waals surface area contributed by atoms with Gasteiger partial charge in [-0.15, -0.1) is 0 Å². The zero-order valence-electron chi connectivity index (χ0n) is 19.2. The Morgan fingerprint density at radius 3 is 1.51 bits per heavy atom. The van der Waals surface area contributed by atoms with E-state index in [0.29, 0.717) is 16.6 Å². The number of rotatable bonds is 2. The second-order valence-electron chi connectivity index (χ2n) is 8.86. The van der Waals surface area contributed by atoms with E-state index in [2.05, 4.69) is 4.57 Å². The molecule has 3 aromatic heterocycles. The first kappa shape index (κ1) is 21.0. The third kappa shape index (κ3) is 2.69. The van der Waals surface area contributed by atoms with Crippen molar-refractivity contribution in [2.24, 2.45) is 0 Å². The van der Waals surface area contributed by atoms with Crippen LogP contribution in [0.4, 0.5) is 0 Å². The number of hydrogen-bond acceptors (Lipinski definition) is 6. The molecule has 4 aromatic carbocycles. The van der Waals surface area contributed by atoms with Crippen molar-refractivity contribution in [3.8, 4) is 40.1 Å². The number of fused-ring (bicyclic) bond motifs is 6. The lowest BCUT2D eigenvalue weighted by Gasteiger charge is -2.15. The maximum atomic E-state index is 10.8. The van der Waals surface area contributed by atoms with Gasteiger partial charge in [0.15, 0.2) is 11.5 Å². The Hall–Kier alpha value is -5.37. The molecule has 8 nitrogen and oxygen atoms in total. The van der Waals surface area contributed by atoms with Crippen LogP contribution in [0.25, 0.3) is 55.2 Å². The molecule has 0 fully saturated rings. The van der Waals surface area contributed by atoms with Crippen molar-refractivity contribution in [2.75, 3.05) is 0 Å². The quantitative estimate of drug-likeness (QED) is 0.154. The molecule has 7 aromatic rings. The Bertz CT molecular complexity index is 2010. The van der Waals surface area contributed by atoms with Gasteiger partial charge in [-0.2, -0.15) is 0 Å². The van der Waals surface area contributed by atoms with Crippen LogP contribution in [0, 0.1) is 0 Å². The largest absolute Gasteiger partial charge is 0.503 e. The number of aromatic nitrogens is 3. The highest BCUT2D eigenvalue weighted by atomic mass is 16.4. The lowest BCUT2D eigenvalue weighted by atomic mass is 10.2. The first-order valence-electron chi connectivity index (χ1n) is 11.5. The van der Waals surface area contributed by atoms with E-state index >= 15 is 0 Å². The molecule has 0 saturated carbocycles. The standard InChI is InChI=1S/C29H19N3O5/c33-25-24(26(34)28(36)29(37)27(25)35)32-19-13-7-5-11-17(19)23-21(32)14-20-22(30-23)16-10-4-6-12-18(16)31(20)15-8-2-1-3-9-15/h1-14,33-37H. The molecule has 5 N–H and O–H groups in total. The summed E-state index contributed by atoms with van der Waals surface area (Å²) < 4.78 is 3.61. The average molecular weight is 489 g/mol. The summed E-state index contributed by atoms with van der Waals surface area (Å²) in [7, 11) is 0. The summed E-state index contributed by atoms with van der Waals surface area (Å²) in [5.41, 5.74) is 4.88. The Morgan fingerprint density at radius 1 is 0.459 bits per heavy atom. The van der Waals surface area contributed by atoms with Crippen molar-refractivity contribution in [2.45, 2.75) is 0 Å². The van der Waals surface area contributed by atoms with Crippen molar-refractivity contribution < 1.29 is 25.5 Å². The predicted octanol–water partition coefficient (Wildman–Crippen LogP) is 5.80. The number of phenols is 5. The number of para-hydroxylation sites is 3. The zero-order chi connectivity index (χ0) is 25.4. The zero-order valence-corrected chi connectivity index (χ0v) is 19.2. The molecule has 0 unspecified atom stereocenters. The van der Waals surface area contributed by atoms with Gasteiger partial charge in [0.25, 0.3) is 0 Å². The van der Waals surface area contributed by atoms with E-state index in [4.69, 9.17) is 4.98 Å². The molecule has 0 atom stereocenters. The molecule has 0 saturated heterocycles. The van der Waals surface area contributed by atoms with Crippen LogP contribution in [-0.4, -0.2) is 39.7 Å². The van der Waals surface area contributed by atoms with Crippen LogP contribution in [0.15, 0.2) is 84.9 Å². The third-order valence-corrected chi connectivity index (χ3v) is 6.85. The first-order valence-corrected chi connectivity index (χ1v) is 11.5. The van der Waals surface area contributed by atoms with Crippen molar-refractivity contribution in [1.82, 2.24) is 14.1 Å². The molecule has 0 spiro atoms. The van der Waals surface area contributed by atoms with Crippen LogP contribution in [0.2, 0.25) is 0 Å². The fourth-order valence-corrected chi connectivity index (χ4v) is 5.21. The summed E-state index contributed by atoms with van der Waals surface area (Å²) in [5, 5.41) is 53.9. The molecular weight excluding hydrogens is 470 g/mol. The predicted molar refractivity (Wildman–Crippen MR) is 141 cm³/mol. The van der Waals surface area contributed by atoms with E-state index in [9.17, 15) is 25.5 Å². The molecule has 3 heterocycles. The van der Waals surface area contributed by atoms with Crippen molar-refractivity contribution in [3.63, 3.8) is 0 Å². The Labute approximate surface area is 208 Å². The summed E-state index contributed by atoms with van der Waals surface area (Å²) in [6.45, 7) is 0. The monoisotopic (exact) mass is 489 g/mol. The van der Waals surface area contributed by atoms with E-state index < -0.39 is 28.7 Å². The minimum absolute atomic E-state index is 0.275. The first-order chi connectivity index (χ1) is 18.0. The summed E-state index contributed by atoms with van der Waals surface area (Å²) in [6.07, 6.45) is 0. The molecule has 0 aliphatic heterocycles. The molecule has 0 aliphatic carbocycles. The van der Waals surface area contributed by atoms with E-state index in [1.54, 1.807) is 12.1 Å². The lowest BCUT2D eigenvalue weighted by Crippen LogP contribution is -1.98. The lowest BCUT2D eigenvalue weighted by molar-refractivity contribution is 0.327. The number of nitrogens with zero attached hydrogens (tertiary/aromatic N) is 3. The molecule has 8 heteroatoms. The van der Waals surface area contributed by atoms with Gasteiger partial charge in [-0.1, -0.05) is 54.6 Å². The van der Waals surface area contributed by atoms with Gasteiger partial charge in [0, 0.05) is 16.5 Å². The van der Waals surface area contributed by atoms with E-state index in [-0.39, 0.29) is 5.69 Å². The number of benzene rings is 4. The van der Waals surface area contributed by atoms with Gasteiger partial charge in [0.2, 0.25) is 17.2 Å². The Morgan fingerprint density at radius 2 is 0.919 bits per heavy atom. The molecule has 180 valence electrons. The highest BCUT2D eigenvalue weighted by Gasteiger charge is 2.28. The molecule has 0 bridgehead atoms. The SMILES string of the molecule is Oc1c(O)c(O)c(-n2c3ccccc3c3nc4c5ccccc5n(-c5ccccc5)c4cc32)c(O)c1O. The highest BCUT2D eigenvalue weighted by molar-refractivity contribution is 6.15. The molecule has 7 rings (SSSR count). The second-order valence-corrected chi connectivity index (χ2v) is 8.86. The normalized spacial score (nSPS) is 11.8. The molecule has 0 amide bonds. The summed E-state index contributed by atoms with van der Waals surface area (Å²) in [4.78, 5) is 5.07. The molecular formula is C29H19N3O5. The van der Waals surface area contributed by atoms with Crippen molar-refractivity contribution in [3.05, 3.63) is 84.9 Å². The maximum Gasteiger partial charge on any atom is 0.208 e. The average Bonchev–Trinajstić information content (AvgIpc) is 3.43. The van der Waals surface area contributed by atoms with E-state index in [0.717, 1.165) is 33.0 Å². The van der Waals surface area contributed by atoms with Crippen LogP contribution < -0.4 is 0 Å². The van der Waals surface area contributed by atoms with Gasteiger partial charge in [-0.25, -0.2) is 4.98 Å². The minimum Gasteiger partial charge on any atom is -0.503 e. The van der Waals surface area contributed by atoms with Gasteiger partial charge in [-0.05, 0) is 30.3 Å². The topological polar surface area (TPSA) is 124 Å². The van der Waals surface area contributed by atoms with E-state index in [1.807, 2.05) is 72.8 Å². The van der Waals surface area contributed by atoms with Crippen molar-refractivity contribution >= 4 is 43.9 Å². The highest BCUT2D eigenvalue weighted by Crippen LogP contribution is 2.54. The fraction of sp³-hybridized carbons (Fsp3) is 0. The summed E-state index contributed by atoms with van der Waals surface area (Å²) in [6, 6.07) is 27.0. The molecule has 37 heavy (non-hydrogen) atoms. The van der Waals surface area contributed by atoms with Gasteiger partial charge < -0.3 is 34.7 Å². The Balaban J connectivity index is 1.72. The molecule has 0 radical (unpaired) electrons. The fourth-order valence-electron chi connectivity index (χ4n) is 5.21. The number of phenolic OH excluding ortho intramolecular Hbond substituents is 5. The van der Waals surface area contributed by atoms with E-state index in [1.165, 1.54) is 4.57 Å². The van der Waals surface area contributed by atoms with Crippen LogP contribution in [-0.2, 0) is 0 Å². The third-order valence-electron chi connectivity index (χ3n) is 6.85. The van der Waals surface area contributed by atoms with Gasteiger partial charge in [-0.3, -0.25) is 0 Å². The summed E-state index contributed by atoms with van der Waals surface area (Å²) in [5.74, 6) is -4.45. The van der Waals surface area contributed by atoms with Gasteiger partial charge in [0.1, 0.15) is 5.69 Å². The summed E-state index contributed by atoms with van der Waals surface area (Å²) >= 11 is 0. The van der Waals surface area contributed by atoms with Crippen LogP contribution >= 0.6 is 0 Å². The van der Waals surface area contributed by atoms with Crippen molar-refractivity contribution in [1.29, 1.82) is 0 Å². The van der Waals surface area contributed by atoms with Crippen LogP contribution in [0.5, 0.6) is 28.7 Å². The minimum atomic E-state index is -1.01. The Kier molecular flexibility index (Phi) is 4.14. The molecule has 0 aliphatic rings. The maximum absolute atomic E-state index is 10.8. The van der Waals surface area contributed by atoms with Crippen LogP contribution in [0.3, 0.4) is 0 Å². The van der Waals surface area contributed by atoms with Gasteiger partial charge >= 0.3 is 0 Å². The van der Waals surface area contributed by atoms with Crippen LogP contribution in [0.1, 0.15) is 0 Å². The number of pyridine rings is 1. The smallest absolute Gasteiger partial charge is 0.208 e. The second kappa shape index (κ2) is 7.32. The van der Waals surface area contributed by atoms with Gasteiger partial charge in [0.05, 0.1) is 33.1 Å².